The summed E-state index contributed by atoms with van der Waals surface area (Å²) in [5.74, 6) is 1.24. The van der Waals surface area contributed by atoms with Crippen molar-refractivity contribution in [2.24, 2.45) is 0 Å². The predicted octanol–water partition coefficient (Wildman–Crippen LogP) is 1.32. The van der Waals surface area contributed by atoms with E-state index >= 15 is 0 Å². The summed E-state index contributed by atoms with van der Waals surface area (Å²) in [6.07, 6.45) is 1.07. The van der Waals surface area contributed by atoms with Crippen LogP contribution < -0.4 is 0 Å². The Morgan fingerprint density at radius 1 is 1.67 bits per heavy atom. The number of aliphatic carboxylic acids is 1. The Hall–Kier alpha value is -0.970. The summed E-state index contributed by atoms with van der Waals surface area (Å²) in [5.41, 5.74) is 3.16. The SMILES string of the molecule is CCn1nc2c(c1CC(=O)O)CSCC2. The topological polar surface area (TPSA) is 55.1 Å². The van der Waals surface area contributed by atoms with Crippen LogP contribution in [0.25, 0.3) is 0 Å². The number of aromatic nitrogens is 2. The number of fused-ring (bicyclic) bond motifs is 1. The average Bonchev–Trinajstić information content (AvgIpc) is 2.56. The van der Waals surface area contributed by atoms with Crippen molar-refractivity contribution in [1.82, 2.24) is 9.78 Å². The molecule has 0 aliphatic carbocycles. The smallest absolute Gasteiger partial charge is 0.309 e. The van der Waals surface area contributed by atoms with Gasteiger partial charge in [-0.2, -0.15) is 16.9 Å². The first kappa shape index (κ1) is 10.5. The van der Waals surface area contributed by atoms with E-state index in [1.807, 2.05) is 23.4 Å². The molecule has 0 amide bonds. The van der Waals surface area contributed by atoms with Gasteiger partial charge in [-0.15, -0.1) is 0 Å². The molecule has 0 bridgehead atoms. The molecule has 1 N–H and O–H groups in total. The highest BCUT2D eigenvalue weighted by Gasteiger charge is 2.21. The van der Waals surface area contributed by atoms with E-state index in [2.05, 4.69) is 5.10 Å². The van der Waals surface area contributed by atoms with Gasteiger partial charge in [0, 0.05) is 24.3 Å². The van der Waals surface area contributed by atoms with Gasteiger partial charge in [0.15, 0.2) is 0 Å². The van der Waals surface area contributed by atoms with E-state index in [4.69, 9.17) is 5.11 Å². The van der Waals surface area contributed by atoms with Gasteiger partial charge in [0.05, 0.1) is 17.8 Å². The van der Waals surface area contributed by atoms with Gasteiger partial charge in [0.25, 0.3) is 0 Å². The van der Waals surface area contributed by atoms with Crippen molar-refractivity contribution in [1.29, 1.82) is 0 Å². The zero-order valence-corrected chi connectivity index (χ0v) is 9.51. The van der Waals surface area contributed by atoms with E-state index in [0.29, 0.717) is 0 Å². The molecule has 1 aromatic heterocycles. The Kier molecular flexibility index (Phi) is 3.00. The Morgan fingerprint density at radius 3 is 3.13 bits per heavy atom. The van der Waals surface area contributed by atoms with Crippen molar-refractivity contribution < 1.29 is 9.90 Å². The molecule has 0 spiro atoms. The van der Waals surface area contributed by atoms with E-state index in [9.17, 15) is 4.79 Å². The molecule has 0 unspecified atom stereocenters. The van der Waals surface area contributed by atoms with Gasteiger partial charge in [-0.1, -0.05) is 0 Å². The highest BCUT2D eigenvalue weighted by molar-refractivity contribution is 7.98. The van der Waals surface area contributed by atoms with Crippen LogP contribution in [0.1, 0.15) is 23.9 Å². The summed E-state index contributed by atoms with van der Waals surface area (Å²) in [5, 5.41) is 13.3. The number of carboxylic acids is 1. The fourth-order valence-electron chi connectivity index (χ4n) is 1.90. The molecule has 0 saturated carbocycles. The Balaban J connectivity index is 2.39. The minimum absolute atomic E-state index is 0.0940. The summed E-state index contributed by atoms with van der Waals surface area (Å²) in [6, 6.07) is 0. The monoisotopic (exact) mass is 226 g/mol. The lowest BCUT2D eigenvalue weighted by Crippen LogP contribution is -2.10. The van der Waals surface area contributed by atoms with Crippen molar-refractivity contribution in [2.45, 2.75) is 32.1 Å². The molecule has 4 nitrogen and oxygen atoms in total. The van der Waals surface area contributed by atoms with Crippen LogP contribution in [0.4, 0.5) is 0 Å². The van der Waals surface area contributed by atoms with E-state index in [0.717, 1.165) is 41.4 Å². The number of hydrogen-bond donors (Lipinski definition) is 1. The minimum Gasteiger partial charge on any atom is -0.481 e. The molecule has 1 aromatic rings. The second-order valence-electron chi connectivity index (χ2n) is 3.56. The average molecular weight is 226 g/mol. The van der Waals surface area contributed by atoms with Crippen LogP contribution in [0.5, 0.6) is 0 Å². The van der Waals surface area contributed by atoms with Gasteiger partial charge in [0.2, 0.25) is 0 Å². The molecule has 5 heteroatoms. The first-order chi connectivity index (χ1) is 7.22. The van der Waals surface area contributed by atoms with E-state index < -0.39 is 5.97 Å². The number of thioether (sulfide) groups is 1. The summed E-state index contributed by atoms with van der Waals surface area (Å²) < 4.78 is 1.84. The van der Waals surface area contributed by atoms with Crippen molar-refractivity contribution in [3.05, 3.63) is 17.0 Å². The fraction of sp³-hybridized carbons (Fsp3) is 0.600. The summed E-state index contributed by atoms with van der Waals surface area (Å²) in [6.45, 7) is 2.75. The molecule has 15 heavy (non-hydrogen) atoms. The number of carbonyl (C=O) groups is 1. The van der Waals surface area contributed by atoms with Gasteiger partial charge < -0.3 is 5.11 Å². The molecule has 82 valence electrons. The third kappa shape index (κ3) is 2.02. The third-order valence-corrected chi connectivity index (χ3v) is 3.58. The van der Waals surface area contributed by atoms with Crippen molar-refractivity contribution in [3.63, 3.8) is 0 Å². The molecule has 0 atom stereocenters. The zero-order valence-electron chi connectivity index (χ0n) is 8.69. The van der Waals surface area contributed by atoms with Crippen LogP contribution in [-0.4, -0.2) is 26.6 Å². The first-order valence-electron chi connectivity index (χ1n) is 5.09. The molecule has 0 aromatic carbocycles. The first-order valence-corrected chi connectivity index (χ1v) is 6.24. The van der Waals surface area contributed by atoms with Crippen LogP contribution in [-0.2, 0) is 29.9 Å². The molecule has 0 saturated heterocycles. The Morgan fingerprint density at radius 2 is 2.47 bits per heavy atom. The van der Waals surface area contributed by atoms with Gasteiger partial charge in [-0.05, 0) is 12.7 Å². The van der Waals surface area contributed by atoms with Crippen LogP contribution in [0.2, 0.25) is 0 Å². The number of nitrogens with zero attached hydrogens (tertiary/aromatic N) is 2. The highest BCUT2D eigenvalue weighted by atomic mass is 32.2. The van der Waals surface area contributed by atoms with E-state index in [1.165, 1.54) is 0 Å². The standard InChI is InChI=1S/C10H14N2O2S/c1-2-12-9(5-10(13)14)7-6-15-4-3-8(7)11-12/h2-6H2,1H3,(H,13,14). The fourth-order valence-corrected chi connectivity index (χ4v) is 2.92. The molecule has 0 fully saturated rings. The lowest BCUT2D eigenvalue weighted by Gasteiger charge is -2.10. The normalized spacial score (nSPS) is 15.0. The van der Waals surface area contributed by atoms with E-state index in [1.54, 1.807) is 0 Å². The zero-order chi connectivity index (χ0) is 10.8. The second-order valence-corrected chi connectivity index (χ2v) is 4.67. The molecule has 1 aliphatic heterocycles. The van der Waals surface area contributed by atoms with Gasteiger partial charge in [-0.25, -0.2) is 0 Å². The van der Waals surface area contributed by atoms with E-state index in [-0.39, 0.29) is 6.42 Å². The van der Waals surface area contributed by atoms with Crippen molar-refractivity contribution in [2.75, 3.05) is 5.75 Å². The number of carboxylic acid groups (broad SMARTS) is 1. The maximum Gasteiger partial charge on any atom is 0.309 e. The second kappa shape index (κ2) is 4.26. The third-order valence-electron chi connectivity index (χ3n) is 2.60. The molecule has 0 radical (unpaired) electrons. The Bertz CT molecular complexity index is 387. The van der Waals surface area contributed by atoms with Crippen molar-refractivity contribution >= 4 is 17.7 Å². The summed E-state index contributed by atoms with van der Waals surface area (Å²) >= 11 is 1.86. The van der Waals surface area contributed by atoms with Crippen LogP contribution in [0, 0.1) is 0 Å². The number of aryl methyl sites for hydroxylation is 2. The molecular weight excluding hydrogens is 212 g/mol. The van der Waals surface area contributed by atoms with Gasteiger partial charge >= 0.3 is 5.97 Å². The van der Waals surface area contributed by atoms with Crippen LogP contribution in [0.15, 0.2) is 0 Å². The Labute approximate surface area is 92.7 Å². The van der Waals surface area contributed by atoms with Crippen LogP contribution in [0.3, 0.4) is 0 Å². The maximum atomic E-state index is 10.8. The summed E-state index contributed by atoms with van der Waals surface area (Å²) in [7, 11) is 0. The largest absolute Gasteiger partial charge is 0.481 e. The van der Waals surface area contributed by atoms with Crippen LogP contribution >= 0.6 is 11.8 Å². The van der Waals surface area contributed by atoms with Gasteiger partial charge in [-0.3, -0.25) is 9.48 Å². The number of hydrogen-bond acceptors (Lipinski definition) is 3. The molecule has 2 rings (SSSR count). The maximum absolute atomic E-state index is 10.8. The quantitative estimate of drug-likeness (QED) is 0.844. The lowest BCUT2D eigenvalue weighted by atomic mass is 10.1. The number of rotatable bonds is 3. The molecular formula is C10H14N2O2S. The molecule has 1 aliphatic rings. The summed E-state index contributed by atoms with van der Waals surface area (Å²) in [4.78, 5) is 10.8. The lowest BCUT2D eigenvalue weighted by molar-refractivity contribution is -0.136. The van der Waals surface area contributed by atoms with Gasteiger partial charge in [0.1, 0.15) is 0 Å². The molecule has 2 heterocycles. The van der Waals surface area contributed by atoms with Crippen molar-refractivity contribution in [3.8, 4) is 0 Å². The highest BCUT2D eigenvalue weighted by Crippen LogP contribution is 2.27. The minimum atomic E-state index is -0.775. The predicted molar refractivity (Wildman–Crippen MR) is 59.1 cm³/mol.